The Kier molecular flexibility index (Phi) is 16.5. The lowest BCUT2D eigenvalue weighted by Gasteiger charge is -2.44. The number of carbonyl (C=O) groups excluding carboxylic acids is 5. The van der Waals surface area contributed by atoms with Crippen LogP contribution in [0.25, 0.3) is 0 Å². The predicted octanol–water partition coefficient (Wildman–Crippen LogP) is 4.97. The Hall–Kier alpha value is -6.14. The third-order valence-corrected chi connectivity index (χ3v) is 8.41. The molecule has 312 valence electrons. The summed E-state index contributed by atoms with van der Waals surface area (Å²) < 4.78 is 83.6. The maximum Gasteiger partial charge on any atom is 0.471 e. The molecule has 0 radical (unpaired) electrons. The first-order chi connectivity index (χ1) is 28.5. The van der Waals surface area contributed by atoms with Crippen LogP contribution in [0.4, 0.5) is 13.2 Å². The summed E-state index contributed by atoms with van der Waals surface area (Å²) in [4.78, 5) is 65.0. The largest absolute Gasteiger partial charge is 0.471 e. The Labute approximate surface area is 336 Å². The molecule has 4 aromatic carbocycles. The number of hydrogen-bond donors (Lipinski definition) is 1. The molecule has 5 atom stereocenters. The van der Waals surface area contributed by atoms with Crippen LogP contribution in [0.1, 0.15) is 41.4 Å². The molecule has 0 bridgehead atoms. The smallest absolute Gasteiger partial charge is 0.459 e. The van der Waals surface area contributed by atoms with E-state index in [0.717, 1.165) is 0 Å². The van der Waals surface area contributed by atoms with Crippen molar-refractivity contribution in [3.8, 4) is 0 Å². The van der Waals surface area contributed by atoms with E-state index in [1.165, 1.54) is 48.5 Å². The van der Waals surface area contributed by atoms with E-state index in [1.807, 2.05) is 0 Å². The summed E-state index contributed by atoms with van der Waals surface area (Å²) in [5.41, 5.74) is 0.576. The number of alkyl halides is 3. The molecule has 0 spiro atoms. The van der Waals surface area contributed by atoms with Crippen LogP contribution >= 0.6 is 0 Å². The number of esters is 4. The monoisotopic (exact) mass is 823 g/mol. The van der Waals surface area contributed by atoms with Gasteiger partial charge < -0.3 is 43.2 Å². The summed E-state index contributed by atoms with van der Waals surface area (Å²) in [5.74, 6) is -5.42. The van der Waals surface area contributed by atoms with E-state index in [9.17, 15) is 37.1 Å². The Morgan fingerprint density at radius 1 is 0.525 bits per heavy atom. The topological polar surface area (TPSA) is 171 Å². The van der Waals surface area contributed by atoms with Crippen LogP contribution in [-0.4, -0.2) is 113 Å². The second-order valence-electron chi connectivity index (χ2n) is 12.6. The van der Waals surface area contributed by atoms with Crippen molar-refractivity contribution in [2.75, 3.05) is 46.2 Å². The van der Waals surface area contributed by atoms with Gasteiger partial charge in [-0.1, -0.05) is 72.8 Å². The van der Waals surface area contributed by atoms with Gasteiger partial charge in [0.25, 0.3) is 0 Å². The molecule has 5 rings (SSSR count). The quantitative estimate of drug-likeness (QED) is 0.0765. The third-order valence-electron chi connectivity index (χ3n) is 8.41. The number of ether oxygens (including phenoxy) is 8. The number of nitrogens with one attached hydrogen (secondary N) is 1. The summed E-state index contributed by atoms with van der Waals surface area (Å²) in [6, 6.07) is 31.7. The van der Waals surface area contributed by atoms with Crippen LogP contribution in [0.5, 0.6) is 0 Å². The molecule has 2 unspecified atom stereocenters. The first kappa shape index (κ1) is 44.0. The molecule has 1 heterocycles. The molecule has 1 saturated heterocycles. The summed E-state index contributed by atoms with van der Waals surface area (Å²) in [7, 11) is 0. The van der Waals surface area contributed by atoms with Crippen LogP contribution in [0, 0.1) is 0 Å². The molecule has 17 heteroatoms. The molecule has 1 N–H and O–H groups in total. The number of hydrogen-bond acceptors (Lipinski definition) is 13. The molecule has 1 aliphatic heterocycles. The maximum atomic E-state index is 13.7. The molecular formula is C42H40F3NO13. The number of carbonyl (C=O) groups is 5. The molecule has 14 nitrogen and oxygen atoms in total. The van der Waals surface area contributed by atoms with Gasteiger partial charge in [0.15, 0.2) is 24.6 Å². The van der Waals surface area contributed by atoms with Crippen molar-refractivity contribution >= 4 is 29.8 Å². The van der Waals surface area contributed by atoms with E-state index >= 15 is 0 Å². The molecule has 1 aliphatic rings. The van der Waals surface area contributed by atoms with Gasteiger partial charge in [-0.05, 0) is 48.5 Å². The average molecular weight is 824 g/mol. The highest BCUT2D eigenvalue weighted by Crippen LogP contribution is 2.32. The first-order valence-corrected chi connectivity index (χ1v) is 18.3. The number of benzene rings is 4. The molecule has 0 saturated carbocycles. The fourth-order valence-corrected chi connectivity index (χ4v) is 5.54. The van der Waals surface area contributed by atoms with Crippen LogP contribution < -0.4 is 5.32 Å². The van der Waals surface area contributed by atoms with Gasteiger partial charge in [0.05, 0.1) is 55.3 Å². The van der Waals surface area contributed by atoms with Gasteiger partial charge in [0.2, 0.25) is 0 Å². The van der Waals surface area contributed by atoms with Crippen LogP contribution in [0.2, 0.25) is 0 Å². The zero-order valence-electron chi connectivity index (χ0n) is 31.3. The van der Waals surface area contributed by atoms with E-state index < -0.39 is 73.3 Å². The predicted molar refractivity (Wildman–Crippen MR) is 199 cm³/mol. The molecule has 0 aromatic heterocycles. The first-order valence-electron chi connectivity index (χ1n) is 18.3. The van der Waals surface area contributed by atoms with Gasteiger partial charge in [-0.25, -0.2) is 19.2 Å². The Balaban J connectivity index is 1.38. The Bertz CT molecular complexity index is 1950. The summed E-state index contributed by atoms with van der Waals surface area (Å²) in [6.07, 6.45) is -12.7. The van der Waals surface area contributed by atoms with Crippen molar-refractivity contribution in [3.05, 3.63) is 144 Å². The molecule has 1 fully saturated rings. The minimum absolute atomic E-state index is 0.0264. The van der Waals surface area contributed by atoms with Crippen LogP contribution in [0.3, 0.4) is 0 Å². The average Bonchev–Trinajstić information content (AvgIpc) is 3.25. The lowest BCUT2D eigenvalue weighted by molar-refractivity contribution is -0.300. The normalized spacial score (nSPS) is 18.9. The highest BCUT2D eigenvalue weighted by molar-refractivity contribution is 5.91. The minimum atomic E-state index is -5.01. The van der Waals surface area contributed by atoms with E-state index in [2.05, 4.69) is 0 Å². The zero-order valence-corrected chi connectivity index (χ0v) is 31.3. The lowest BCUT2D eigenvalue weighted by Crippen LogP contribution is -2.63. The minimum Gasteiger partial charge on any atom is -0.459 e. The summed E-state index contributed by atoms with van der Waals surface area (Å²) in [6.45, 7) is -1.53. The third kappa shape index (κ3) is 13.5. The van der Waals surface area contributed by atoms with Crippen molar-refractivity contribution < 1.29 is 75.0 Å². The standard InChI is InChI=1S/C42H40F3NO13/c43-42(44,45)41(51)46-21-22-52-23-24-53-25-26-54-40-35(59-39(50)31-19-11-4-12-20-31)34(58-38(49)30-17-9-3-10-18-30)33(57-37(48)29-15-7-2-8-16-29)32(56-40)27-55-36(47)28-13-5-1-6-14-28/h1-20,32-35,40H,21-27H2,(H,46,51)/t32?,33-,34+,35?,40+/m1/s1. The summed E-state index contributed by atoms with van der Waals surface area (Å²) in [5, 5.41) is 1.69. The maximum absolute atomic E-state index is 13.7. The van der Waals surface area contributed by atoms with E-state index in [4.69, 9.17) is 37.9 Å². The second-order valence-corrected chi connectivity index (χ2v) is 12.6. The van der Waals surface area contributed by atoms with Gasteiger partial charge in [-0.15, -0.1) is 0 Å². The molecule has 59 heavy (non-hydrogen) atoms. The SMILES string of the molecule is O=C(OCC1O[C@H](OCCOCCOCCNC(=O)C(F)(F)F)C(OC(=O)c2ccccc2)[C@@H](OC(=O)c2ccccc2)[C@@H]1OC(=O)c1ccccc1)c1ccccc1. The second kappa shape index (κ2) is 22.1. The van der Waals surface area contributed by atoms with Crippen molar-refractivity contribution in [1.82, 2.24) is 5.32 Å². The zero-order chi connectivity index (χ0) is 42.0. The number of halogens is 3. The van der Waals surface area contributed by atoms with Gasteiger partial charge in [0.1, 0.15) is 12.7 Å². The van der Waals surface area contributed by atoms with Crippen molar-refractivity contribution in [1.29, 1.82) is 0 Å². The highest BCUT2D eigenvalue weighted by Gasteiger charge is 2.53. The number of amides is 1. The molecule has 1 amide bonds. The van der Waals surface area contributed by atoms with Gasteiger partial charge in [0, 0.05) is 6.54 Å². The van der Waals surface area contributed by atoms with Crippen molar-refractivity contribution in [2.45, 2.75) is 36.9 Å². The van der Waals surface area contributed by atoms with Crippen molar-refractivity contribution in [2.24, 2.45) is 0 Å². The van der Waals surface area contributed by atoms with E-state index in [0.29, 0.717) is 0 Å². The van der Waals surface area contributed by atoms with Gasteiger partial charge in [-0.2, -0.15) is 13.2 Å². The Morgan fingerprint density at radius 2 is 0.932 bits per heavy atom. The van der Waals surface area contributed by atoms with E-state index in [1.54, 1.807) is 78.1 Å². The van der Waals surface area contributed by atoms with Crippen LogP contribution in [-0.2, 0) is 42.7 Å². The lowest BCUT2D eigenvalue weighted by atomic mass is 9.97. The highest BCUT2D eigenvalue weighted by atomic mass is 19.4. The molecule has 0 aliphatic carbocycles. The number of rotatable bonds is 19. The van der Waals surface area contributed by atoms with Gasteiger partial charge in [-0.3, -0.25) is 4.79 Å². The van der Waals surface area contributed by atoms with Crippen LogP contribution in [0.15, 0.2) is 121 Å². The van der Waals surface area contributed by atoms with Gasteiger partial charge >= 0.3 is 36.0 Å². The fraction of sp³-hybridized carbons (Fsp3) is 0.310. The summed E-state index contributed by atoms with van der Waals surface area (Å²) >= 11 is 0. The molecular weight excluding hydrogens is 783 g/mol. The van der Waals surface area contributed by atoms with E-state index in [-0.39, 0.29) is 61.8 Å². The Morgan fingerprint density at radius 3 is 1.41 bits per heavy atom. The van der Waals surface area contributed by atoms with Crippen molar-refractivity contribution in [3.63, 3.8) is 0 Å². The fourth-order valence-electron chi connectivity index (χ4n) is 5.54. The molecule has 4 aromatic rings.